The number of rotatable bonds is 7. The van der Waals surface area contributed by atoms with Crippen molar-refractivity contribution in [3.63, 3.8) is 0 Å². The topological polar surface area (TPSA) is 54.5 Å². The Morgan fingerprint density at radius 1 is 1.23 bits per heavy atom. The Balaban J connectivity index is 1.29. The molecule has 1 N–H and O–H groups in total. The Bertz CT molecular complexity index is 997. The number of thiazole rings is 1. The molecule has 0 bridgehead atoms. The van der Waals surface area contributed by atoms with Crippen LogP contribution in [0.25, 0.3) is 10.2 Å². The highest BCUT2D eigenvalue weighted by molar-refractivity contribution is 7.22. The molecular weight excluding hydrogens is 418 g/mol. The van der Waals surface area contributed by atoms with Crippen molar-refractivity contribution in [3.05, 3.63) is 53.1 Å². The molecule has 2 aromatic carbocycles. The first-order valence-electron chi connectivity index (χ1n) is 10.4. The molecule has 0 atom stereocenters. The maximum Gasteiger partial charge on any atom is 0.229 e. The fourth-order valence-electron chi connectivity index (χ4n) is 3.57. The molecule has 5 nitrogen and oxygen atoms in total. The molecule has 1 saturated heterocycles. The van der Waals surface area contributed by atoms with E-state index < -0.39 is 0 Å². The SMILES string of the molecule is CC1CCN(Cc2ccc3nc(NC(=O)CCOc4ccc(Cl)cc4)sc3c2)CC1. The number of halogens is 1. The fraction of sp³-hybridized carbons (Fsp3) is 0.391. The van der Waals surface area contributed by atoms with Crippen molar-refractivity contribution in [2.75, 3.05) is 25.0 Å². The molecule has 1 amide bonds. The number of benzene rings is 2. The van der Waals surface area contributed by atoms with Crippen molar-refractivity contribution in [2.45, 2.75) is 32.7 Å². The van der Waals surface area contributed by atoms with Gasteiger partial charge in [0.15, 0.2) is 5.13 Å². The number of hydrogen-bond donors (Lipinski definition) is 1. The molecule has 1 aliphatic rings. The summed E-state index contributed by atoms with van der Waals surface area (Å²) in [4.78, 5) is 19.3. The Kier molecular flexibility index (Phi) is 6.87. The molecule has 3 aromatic rings. The molecule has 2 heterocycles. The van der Waals surface area contributed by atoms with Gasteiger partial charge in [-0.25, -0.2) is 4.98 Å². The average Bonchev–Trinajstić information content (AvgIpc) is 3.12. The van der Waals surface area contributed by atoms with E-state index in [1.54, 1.807) is 24.3 Å². The van der Waals surface area contributed by atoms with Crippen LogP contribution in [0.4, 0.5) is 5.13 Å². The highest BCUT2D eigenvalue weighted by Crippen LogP contribution is 2.28. The number of carbonyl (C=O) groups is 1. The minimum atomic E-state index is -0.106. The Morgan fingerprint density at radius 3 is 2.77 bits per heavy atom. The van der Waals surface area contributed by atoms with Gasteiger partial charge in [0.1, 0.15) is 5.75 Å². The molecule has 1 aliphatic heterocycles. The lowest BCUT2D eigenvalue weighted by Crippen LogP contribution is -2.32. The molecule has 0 radical (unpaired) electrons. The van der Waals surface area contributed by atoms with E-state index in [1.165, 1.54) is 42.8 Å². The third-order valence-electron chi connectivity index (χ3n) is 5.39. The molecule has 0 aliphatic carbocycles. The number of anilines is 1. The van der Waals surface area contributed by atoms with Gasteiger partial charge in [-0.1, -0.05) is 35.9 Å². The maximum atomic E-state index is 12.2. The second kappa shape index (κ2) is 9.77. The van der Waals surface area contributed by atoms with Crippen LogP contribution in [0.2, 0.25) is 5.02 Å². The first-order chi connectivity index (χ1) is 14.5. The van der Waals surface area contributed by atoms with Crippen LogP contribution in [-0.2, 0) is 11.3 Å². The number of nitrogens with one attached hydrogen (secondary N) is 1. The minimum Gasteiger partial charge on any atom is -0.493 e. The van der Waals surface area contributed by atoms with Gasteiger partial charge >= 0.3 is 0 Å². The number of amides is 1. The Hall–Kier alpha value is -2.15. The van der Waals surface area contributed by atoms with Gasteiger partial charge in [-0.3, -0.25) is 9.69 Å². The summed E-state index contributed by atoms with van der Waals surface area (Å²) in [7, 11) is 0. The van der Waals surface area contributed by atoms with E-state index in [0.717, 1.165) is 22.7 Å². The lowest BCUT2D eigenvalue weighted by Gasteiger charge is -2.30. The number of piperidine rings is 1. The van der Waals surface area contributed by atoms with Crippen molar-refractivity contribution >= 4 is 44.2 Å². The summed E-state index contributed by atoms with van der Waals surface area (Å²) in [5.74, 6) is 1.43. The van der Waals surface area contributed by atoms with Crippen LogP contribution < -0.4 is 10.1 Å². The molecule has 7 heteroatoms. The van der Waals surface area contributed by atoms with Crippen molar-refractivity contribution in [2.24, 2.45) is 5.92 Å². The van der Waals surface area contributed by atoms with Gasteiger partial charge in [0.05, 0.1) is 23.2 Å². The zero-order valence-electron chi connectivity index (χ0n) is 17.1. The molecule has 1 aromatic heterocycles. The van der Waals surface area contributed by atoms with Crippen molar-refractivity contribution in [1.82, 2.24) is 9.88 Å². The van der Waals surface area contributed by atoms with Crippen LogP contribution in [0.3, 0.4) is 0 Å². The van der Waals surface area contributed by atoms with Crippen LogP contribution in [0.15, 0.2) is 42.5 Å². The molecule has 4 rings (SSSR count). The van der Waals surface area contributed by atoms with Crippen molar-refractivity contribution in [3.8, 4) is 5.75 Å². The number of likely N-dealkylation sites (tertiary alicyclic amines) is 1. The Morgan fingerprint density at radius 2 is 2.00 bits per heavy atom. The predicted molar refractivity (Wildman–Crippen MR) is 123 cm³/mol. The molecule has 30 heavy (non-hydrogen) atoms. The van der Waals surface area contributed by atoms with Gasteiger partial charge in [-0.2, -0.15) is 0 Å². The van der Waals surface area contributed by atoms with Crippen LogP contribution in [0, 0.1) is 5.92 Å². The largest absolute Gasteiger partial charge is 0.493 e. The van der Waals surface area contributed by atoms with E-state index in [9.17, 15) is 4.79 Å². The molecule has 1 fully saturated rings. The number of nitrogens with zero attached hydrogens (tertiary/aromatic N) is 2. The molecular formula is C23H26ClN3O2S. The summed E-state index contributed by atoms with van der Waals surface area (Å²) in [6.07, 6.45) is 2.82. The van der Waals surface area contributed by atoms with Gasteiger partial charge in [-0.05, 0) is 73.8 Å². The number of fused-ring (bicyclic) bond motifs is 1. The van der Waals surface area contributed by atoms with Crippen LogP contribution in [0.1, 0.15) is 31.7 Å². The standard InChI is InChI=1S/C23H26ClN3O2S/c1-16-8-11-27(12-9-16)15-17-2-7-20-21(14-17)30-23(25-20)26-22(28)10-13-29-19-5-3-18(24)4-6-19/h2-7,14,16H,8-13,15H2,1H3,(H,25,26,28). The minimum absolute atomic E-state index is 0.106. The fourth-order valence-corrected chi connectivity index (χ4v) is 4.65. The summed E-state index contributed by atoms with van der Waals surface area (Å²) in [5.41, 5.74) is 2.22. The zero-order chi connectivity index (χ0) is 20.9. The molecule has 158 valence electrons. The van der Waals surface area contributed by atoms with Crippen molar-refractivity contribution < 1.29 is 9.53 Å². The smallest absolute Gasteiger partial charge is 0.229 e. The molecule has 0 spiro atoms. The first kappa shape index (κ1) is 21.1. The predicted octanol–water partition coefficient (Wildman–Crippen LogP) is 5.59. The van der Waals surface area contributed by atoms with E-state index in [4.69, 9.17) is 16.3 Å². The van der Waals surface area contributed by atoms with Gasteiger partial charge in [0.25, 0.3) is 0 Å². The third kappa shape index (κ3) is 5.72. The Labute approximate surface area is 186 Å². The van der Waals surface area contributed by atoms with E-state index in [1.807, 2.05) is 6.07 Å². The van der Waals surface area contributed by atoms with Gasteiger partial charge in [0.2, 0.25) is 5.91 Å². The van der Waals surface area contributed by atoms with E-state index >= 15 is 0 Å². The maximum absolute atomic E-state index is 12.2. The average molecular weight is 444 g/mol. The number of ether oxygens (including phenoxy) is 1. The lowest BCUT2D eigenvalue weighted by molar-refractivity contribution is -0.116. The van der Waals surface area contributed by atoms with E-state index in [2.05, 4.69) is 34.3 Å². The lowest BCUT2D eigenvalue weighted by atomic mass is 9.99. The second-order valence-corrected chi connectivity index (χ2v) is 9.35. The van der Waals surface area contributed by atoms with Crippen LogP contribution in [-0.4, -0.2) is 35.5 Å². The molecule has 0 unspecified atom stereocenters. The number of hydrogen-bond acceptors (Lipinski definition) is 5. The monoisotopic (exact) mass is 443 g/mol. The summed E-state index contributed by atoms with van der Waals surface area (Å²) in [6, 6.07) is 13.5. The summed E-state index contributed by atoms with van der Waals surface area (Å²) in [6.45, 7) is 5.95. The van der Waals surface area contributed by atoms with E-state index in [0.29, 0.717) is 22.5 Å². The summed E-state index contributed by atoms with van der Waals surface area (Å²) >= 11 is 7.37. The number of carbonyl (C=O) groups excluding carboxylic acids is 1. The van der Waals surface area contributed by atoms with Gasteiger partial charge in [0, 0.05) is 11.6 Å². The van der Waals surface area contributed by atoms with Crippen LogP contribution >= 0.6 is 22.9 Å². The normalized spacial score (nSPS) is 15.4. The number of aromatic nitrogens is 1. The first-order valence-corrected chi connectivity index (χ1v) is 11.5. The zero-order valence-corrected chi connectivity index (χ0v) is 18.6. The summed E-state index contributed by atoms with van der Waals surface area (Å²) < 4.78 is 6.68. The van der Waals surface area contributed by atoms with Crippen LogP contribution in [0.5, 0.6) is 5.75 Å². The van der Waals surface area contributed by atoms with E-state index in [-0.39, 0.29) is 12.3 Å². The molecule has 0 saturated carbocycles. The van der Waals surface area contributed by atoms with Crippen molar-refractivity contribution in [1.29, 1.82) is 0 Å². The van der Waals surface area contributed by atoms with Gasteiger partial charge in [-0.15, -0.1) is 0 Å². The highest BCUT2D eigenvalue weighted by atomic mass is 35.5. The quantitative estimate of drug-likeness (QED) is 0.517. The second-order valence-electron chi connectivity index (χ2n) is 7.88. The highest BCUT2D eigenvalue weighted by Gasteiger charge is 2.16. The summed E-state index contributed by atoms with van der Waals surface area (Å²) in [5, 5.41) is 4.18. The van der Waals surface area contributed by atoms with Gasteiger partial charge < -0.3 is 10.1 Å². The third-order valence-corrected chi connectivity index (χ3v) is 6.58.